The number of rotatable bonds is 6. The zero-order valence-electron chi connectivity index (χ0n) is 18.8. The third-order valence-corrected chi connectivity index (χ3v) is 8.53. The van der Waals surface area contributed by atoms with Crippen molar-refractivity contribution in [3.05, 3.63) is 0 Å². The van der Waals surface area contributed by atoms with Gasteiger partial charge >= 0.3 is 0 Å². The molecule has 0 aromatic heterocycles. The van der Waals surface area contributed by atoms with Crippen molar-refractivity contribution in [2.75, 3.05) is 19.6 Å². The molecule has 2 saturated carbocycles. The summed E-state index contributed by atoms with van der Waals surface area (Å²) in [4.78, 5) is 4.17. The van der Waals surface area contributed by atoms with Crippen molar-refractivity contribution >= 4 is 0 Å². The number of halogens is 2. The van der Waals surface area contributed by atoms with E-state index in [9.17, 15) is 8.78 Å². The zero-order valence-corrected chi connectivity index (χ0v) is 18.8. The third kappa shape index (κ3) is 5.47. The number of nitrogens with zero attached hydrogens (tertiary/aromatic N) is 2. The van der Waals surface area contributed by atoms with Crippen LogP contribution >= 0.6 is 0 Å². The van der Waals surface area contributed by atoms with Crippen LogP contribution in [0.2, 0.25) is 0 Å². The molecule has 3 aliphatic rings. The summed E-state index contributed by atoms with van der Waals surface area (Å²) in [7, 11) is 0. The van der Waals surface area contributed by atoms with Crippen LogP contribution in [-0.4, -0.2) is 48.1 Å². The zero-order chi connectivity index (χ0) is 20.3. The Morgan fingerprint density at radius 2 is 1.43 bits per heavy atom. The number of hydrogen-bond acceptors (Lipinski definition) is 2. The Labute approximate surface area is 172 Å². The number of piperidine rings is 1. The highest BCUT2D eigenvalue weighted by Crippen LogP contribution is 2.46. The van der Waals surface area contributed by atoms with Gasteiger partial charge in [0.1, 0.15) is 0 Å². The molecule has 1 aliphatic heterocycles. The number of alkyl halides is 2. The molecule has 0 amide bonds. The predicted molar refractivity (Wildman–Crippen MR) is 114 cm³/mol. The molecule has 0 radical (unpaired) electrons. The fraction of sp³-hybridized carbons (Fsp3) is 1.00. The van der Waals surface area contributed by atoms with Crippen LogP contribution < -0.4 is 0 Å². The standard InChI is InChI=1S/C24H44F2N2/c1-18(2)21-7-5-20(6-8-21)17-27-15-13-24(14-16-27)11-9-22(10-12-24)28(19(3)4)23(25)26/h18-23H,5-17H2,1-4H3. The maximum absolute atomic E-state index is 13.4. The van der Waals surface area contributed by atoms with E-state index in [4.69, 9.17) is 0 Å². The van der Waals surface area contributed by atoms with Crippen molar-refractivity contribution in [1.29, 1.82) is 0 Å². The van der Waals surface area contributed by atoms with Gasteiger partial charge in [-0.15, -0.1) is 0 Å². The topological polar surface area (TPSA) is 6.48 Å². The smallest absolute Gasteiger partial charge is 0.295 e. The van der Waals surface area contributed by atoms with Gasteiger partial charge < -0.3 is 4.90 Å². The highest BCUT2D eigenvalue weighted by molar-refractivity contribution is 4.93. The van der Waals surface area contributed by atoms with Crippen LogP contribution in [0, 0.1) is 23.2 Å². The summed E-state index contributed by atoms with van der Waals surface area (Å²) in [6.07, 6.45) is 12.5. The third-order valence-electron chi connectivity index (χ3n) is 8.53. The van der Waals surface area contributed by atoms with Gasteiger partial charge in [0.15, 0.2) is 0 Å². The van der Waals surface area contributed by atoms with Gasteiger partial charge in [-0.25, -0.2) is 4.90 Å². The van der Waals surface area contributed by atoms with Crippen LogP contribution in [0.5, 0.6) is 0 Å². The summed E-state index contributed by atoms with van der Waals surface area (Å²) < 4.78 is 26.9. The number of hydrogen-bond donors (Lipinski definition) is 0. The summed E-state index contributed by atoms with van der Waals surface area (Å²) in [5.41, 5.74) is 0.451. The molecular weight excluding hydrogens is 354 g/mol. The highest BCUT2D eigenvalue weighted by Gasteiger charge is 2.41. The summed E-state index contributed by atoms with van der Waals surface area (Å²) in [6.45, 7) is 10.0. The van der Waals surface area contributed by atoms with Gasteiger partial charge in [0.05, 0.1) is 0 Å². The van der Waals surface area contributed by atoms with E-state index in [2.05, 4.69) is 18.7 Å². The molecule has 0 aromatic rings. The lowest BCUT2D eigenvalue weighted by atomic mass is 9.66. The minimum atomic E-state index is -2.31. The Morgan fingerprint density at radius 1 is 0.857 bits per heavy atom. The van der Waals surface area contributed by atoms with Crippen LogP contribution in [0.15, 0.2) is 0 Å². The van der Waals surface area contributed by atoms with E-state index < -0.39 is 6.55 Å². The minimum Gasteiger partial charge on any atom is -0.303 e. The second kappa shape index (κ2) is 9.73. The van der Waals surface area contributed by atoms with Gasteiger partial charge in [0.2, 0.25) is 0 Å². The van der Waals surface area contributed by atoms with E-state index in [1.807, 2.05) is 13.8 Å². The lowest BCUT2D eigenvalue weighted by molar-refractivity contribution is -0.0922. The molecule has 3 fully saturated rings. The second-order valence-electron chi connectivity index (χ2n) is 10.9. The Kier molecular flexibility index (Phi) is 7.80. The second-order valence-corrected chi connectivity index (χ2v) is 10.9. The highest BCUT2D eigenvalue weighted by atomic mass is 19.3. The molecule has 1 spiro atoms. The molecule has 1 heterocycles. The van der Waals surface area contributed by atoms with Crippen molar-refractivity contribution in [2.45, 2.75) is 111 Å². The largest absolute Gasteiger partial charge is 0.303 e. The van der Waals surface area contributed by atoms with Gasteiger partial charge in [-0.3, -0.25) is 0 Å². The van der Waals surface area contributed by atoms with E-state index in [1.165, 1.54) is 63.1 Å². The molecule has 164 valence electrons. The molecule has 2 nitrogen and oxygen atoms in total. The molecule has 1 saturated heterocycles. The van der Waals surface area contributed by atoms with Crippen LogP contribution in [0.4, 0.5) is 8.78 Å². The summed E-state index contributed by atoms with van der Waals surface area (Å²) in [5.74, 6) is 2.71. The molecular formula is C24H44F2N2. The van der Waals surface area contributed by atoms with Crippen molar-refractivity contribution in [2.24, 2.45) is 23.2 Å². The van der Waals surface area contributed by atoms with Crippen LogP contribution in [0.25, 0.3) is 0 Å². The van der Waals surface area contributed by atoms with Gasteiger partial charge in [0, 0.05) is 18.6 Å². The van der Waals surface area contributed by atoms with E-state index in [0.717, 1.165) is 43.4 Å². The Bertz CT molecular complexity index is 445. The van der Waals surface area contributed by atoms with Crippen molar-refractivity contribution in [3.8, 4) is 0 Å². The molecule has 28 heavy (non-hydrogen) atoms. The fourth-order valence-electron chi connectivity index (χ4n) is 6.43. The van der Waals surface area contributed by atoms with E-state index in [-0.39, 0.29) is 12.1 Å². The maximum atomic E-state index is 13.4. The van der Waals surface area contributed by atoms with Crippen LogP contribution in [0.3, 0.4) is 0 Å². The monoisotopic (exact) mass is 398 g/mol. The van der Waals surface area contributed by atoms with Crippen molar-refractivity contribution < 1.29 is 8.78 Å². The summed E-state index contributed by atoms with van der Waals surface area (Å²) >= 11 is 0. The maximum Gasteiger partial charge on any atom is 0.295 e. The fourth-order valence-corrected chi connectivity index (χ4v) is 6.43. The lowest BCUT2D eigenvalue weighted by Crippen LogP contribution is -2.49. The summed E-state index contributed by atoms with van der Waals surface area (Å²) in [5, 5.41) is 0. The normalized spacial score (nSPS) is 30.2. The molecule has 4 heteroatoms. The first-order chi connectivity index (χ1) is 13.3. The van der Waals surface area contributed by atoms with Gasteiger partial charge in [-0.05, 0) is 114 Å². The molecule has 0 atom stereocenters. The molecule has 3 rings (SSSR count). The first kappa shape index (κ1) is 22.5. The van der Waals surface area contributed by atoms with Gasteiger partial charge in [-0.1, -0.05) is 13.8 Å². The van der Waals surface area contributed by atoms with Crippen LogP contribution in [-0.2, 0) is 0 Å². The summed E-state index contributed by atoms with van der Waals surface area (Å²) in [6, 6.07) is 0.0199. The van der Waals surface area contributed by atoms with Crippen LogP contribution in [0.1, 0.15) is 91.9 Å². The molecule has 0 aromatic carbocycles. The predicted octanol–water partition coefficient (Wildman–Crippen LogP) is 6.41. The van der Waals surface area contributed by atoms with E-state index in [0.29, 0.717) is 5.41 Å². The first-order valence-corrected chi connectivity index (χ1v) is 12.1. The quantitative estimate of drug-likeness (QED) is 0.477. The average Bonchev–Trinajstić information content (AvgIpc) is 2.65. The Balaban J connectivity index is 1.41. The SMILES string of the molecule is CC(C)C1CCC(CN2CCC3(CCC(N(C(C)C)C(F)F)CC3)CC2)CC1. The van der Waals surface area contributed by atoms with E-state index >= 15 is 0 Å². The van der Waals surface area contributed by atoms with Crippen molar-refractivity contribution in [1.82, 2.24) is 9.80 Å². The number of likely N-dealkylation sites (tertiary alicyclic amines) is 1. The Morgan fingerprint density at radius 3 is 1.89 bits per heavy atom. The first-order valence-electron chi connectivity index (χ1n) is 12.1. The van der Waals surface area contributed by atoms with Gasteiger partial charge in [0.25, 0.3) is 6.55 Å². The molecule has 0 bridgehead atoms. The van der Waals surface area contributed by atoms with Crippen molar-refractivity contribution in [3.63, 3.8) is 0 Å². The van der Waals surface area contributed by atoms with E-state index in [1.54, 1.807) is 0 Å². The lowest BCUT2D eigenvalue weighted by Gasteiger charge is -2.48. The Hall–Kier alpha value is -0.220. The average molecular weight is 399 g/mol. The minimum absolute atomic E-state index is 0.0633. The van der Waals surface area contributed by atoms with Gasteiger partial charge in [-0.2, -0.15) is 8.78 Å². The molecule has 0 N–H and O–H groups in total. The molecule has 2 aliphatic carbocycles. The molecule has 0 unspecified atom stereocenters.